The summed E-state index contributed by atoms with van der Waals surface area (Å²) >= 11 is 18.0. The summed E-state index contributed by atoms with van der Waals surface area (Å²) in [5, 5.41) is 0.607. The zero-order chi connectivity index (χ0) is 22.1. The first-order valence-corrected chi connectivity index (χ1v) is 11.9. The number of Topliss-reactive ketones (excluding diaryl/α,β-unsaturated/α-hetero) is 1. The van der Waals surface area contributed by atoms with Gasteiger partial charge in [0.2, 0.25) is 5.52 Å². The van der Waals surface area contributed by atoms with Gasteiger partial charge >= 0.3 is 0 Å². The lowest BCUT2D eigenvalue weighted by atomic mass is 9.84. The molecule has 0 aromatic heterocycles. The zero-order valence-corrected chi connectivity index (χ0v) is 20.4. The maximum absolute atomic E-state index is 12.8. The molecular formula is C22H24Cl3O3P. The van der Waals surface area contributed by atoms with Gasteiger partial charge in [0.25, 0.3) is 0 Å². The summed E-state index contributed by atoms with van der Waals surface area (Å²) < 4.78 is 12.7. The number of halogens is 3. The van der Waals surface area contributed by atoms with Crippen LogP contribution in [0, 0.1) is 13.8 Å². The molecule has 2 aromatic carbocycles. The van der Waals surface area contributed by atoms with Crippen LogP contribution in [0.25, 0.3) is 0 Å². The smallest absolute Gasteiger partial charge is 0.219 e. The Morgan fingerprint density at radius 1 is 0.897 bits per heavy atom. The van der Waals surface area contributed by atoms with Gasteiger partial charge in [0, 0.05) is 23.2 Å². The van der Waals surface area contributed by atoms with Crippen molar-refractivity contribution >= 4 is 53.9 Å². The topological polar surface area (TPSA) is 51.2 Å². The Hall–Kier alpha value is -1.12. The minimum atomic E-state index is -2.67. The maximum Gasteiger partial charge on any atom is 0.219 e. The van der Waals surface area contributed by atoms with Crippen molar-refractivity contribution in [3.63, 3.8) is 0 Å². The number of benzene rings is 2. The van der Waals surface area contributed by atoms with Gasteiger partial charge in [-0.05, 0) is 48.1 Å². The van der Waals surface area contributed by atoms with Crippen LogP contribution in [0.2, 0.25) is 15.1 Å². The highest BCUT2D eigenvalue weighted by Crippen LogP contribution is 2.35. The van der Waals surface area contributed by atoms with E-state index in [4.69, 9.17) is 34.8 Å². The lowest BCUT2D eigenvalue weighted by Gasteiger charge is -2.22. The minimum absolute atomic E-state index is 0.0302. The van der Waals surface area contributed by atoms with E-state index in [9.17, 15) is 14.2 Å². The molecule has 3 nitrogen and oxygen atoms in total. The van der Waals surface area contributed by atoms with Crippen molar-refractivity contribution in [2.24, 2.45) is 0 Å². The molecule has 0 N–H and O–H groups in total. The molecule has 0 radical (unpaired) electrons. The standard InChI is InChI=1S/C22H24Cl3O3P/c1-12-8-14(22(3,4)5)9-13(2)19(12)21(27)29(28)7-6-18(26)20-16(24)10-15(23)11-17(20)25/h8-11,29H,6-7H2,1-5H3. The summed E-state index contributed by atoms with van der Waals surface area (Å²) in [6.45, 7) is 10.0. The Kier molecular flexibility index (Phi) is 7.79. The van der Waals surface area contributed by atoms with Crippen LogP contribution in [0.5, 0.6) is 0 Å². The molecule has 156 valence electrons. The van der Waals surface area contributed by atoms with Crippen LogP contribution >= 0.6 is 42.6 Å². The number of rotatable bonds is 6. The van der Waals surface area contributed by atoms with Gasteiger partial charge in [-0.25, -0.2) is 0 Å². The van der Waals surface area contributed by atoms with Crippen LogP contribution in [-0.2, 0) is 9.98 Å². The monoisotopic (exact) mass is 472 g/mol. The Labute approximate surface area is 187 Å². The SMILES string of the molecule is Cc1cc(C(C)(C)C)cc(C)c1C(=O)[PH](=O)CCC(=O)c1c(Cl)cc(Cl)cc1Cl. The fourth-order valence-electron chi connectivity index (χ4n) is 3.17. The molecule has 7 heteroatoms. The molecule has 0 heterocycles. The van der Waals surface area contributed by atoms with E-state index in [0.717, 1.165) is 16.7 Å². The number of hydrogen-bond acceptors (Lipinski definition) is 3. The highest BCUT2D eigenvalue weighted by Gasteiger charge is 2.24. The van der Waals surface area contributed by atoms with Gasteiger partial charge in [0.15, 0.2) is 5.78 Å². The quantitative estimate of drug-likeness (QED) is 0.322. The number of carbonyl (C=O) groups excluding carboxylic acids is 2. The predicted octanol–water partition coefficient (Wildman–Crippen LogP) is 7.53. The van der Waals surface area contributed by atoms with Crippen LogP contribution in [0.3, 0.4) is 0 Å². The molecule has 0 fully saturated rings. The first-order valence-electron chi connectivity index (χ1n) is 9.20. The molecule has 0 aliphatic carbocycles. The number of aryl methyl sites for hydroxylation is 2. The molecular weight excluding hydrogens is 450 g/mol. The van der Waals surface area contributed by atoms with Crippen LogP contribution < -0.4 is 0 Å². The van der Waals surface area contributed by atoms with Crippen molar-refractivity contribution in [2.45, 2.75) is 46.5 Å². The van der Waals surface area contributed by atoms with Crippen molar-refractivity contribution in [1.29, 1.82) is 0 Å². The van der Waals surface area contributed by atoms with Crippen LogP contribution in [0.15, 0.2) is 24.3 Å². The summed E-state index contributed by atoms with van der Waals surface area (Å²) in [5.41, 5.74) is 2.89. The molecule has 0 aliphatic heterocycles. The summed E-state index contributed by atoms with van der Waals surface area (Å²) in [6.07, 6.45) is -0.111. The van der Waals surface area contributed by atoms with Crippen molar-refractivity contribution in [3.8, 4) is 0 Å². The van der Waals surface area contributed by atoms with Gasteiger partial charge in [0.1, 0.15) is 7.80 Å². The van der Waals surface area contributed by atoms with Crippen molar-refractivity contribution in [2.75, 3.05) is 6.16 Å². The third kappa shape index (κ3) is 5.73. The van der Waals surface area contributed by atoms with E-state index >= 15 is 0 Å². The van der Waals surface area contributed by atoms with Gasteiger partial charge in [-0.15, -0.1) is 0 Å². The van der Waals surface area contributed by atoms with Crippen molar-refractivity contribution in [1.82, 2.24) is 0 Å². The summed E-state index contributed by atoms with van der Waals surface area (Å²) in [4.78, 5) is 25.3. The molecule has 0 bridgehead atoms. The zero-order valence-electron chi connectivity index (χ0n) is 17.1. The van der Waals surface area contributed by atoms with E-state index in [1.807, 2.05) is 26.0 Å². The molecule has 0 saturated carbocycles. The summed E-state index contributed by atoms with van der Waals surface area (Å²) in [7, 11) is -2.67. The van der Waals surface area contributed by atoms with Gasteiger partial charge < -0.3 is 4.57 Å². The van der Waals surface area contributed by atoms with Crippen LogP contribution in [0.4, 0.5) is 0 Å². The Morgan fingerprint density at radius 3 is 1.83 bits per heavy atom. The Balaban J connectivity index is 2.18. The molecule has 29 heavy (non-hydrogen) atoms. The first-order chi connectivity index (χ1) is 13.3. The number of hydrogen-bond donors (Lipinski definition) is 0. The second-order valence-electron chi connectivity index (χ2n) is 8.15. The molecule has 2 rings (SSSR count). The number of carbonyl (C=O) groups is 2. The van der Waals surface area contributed by atoms with E-state index in [2.05, 4.69) is 20.8 Å². The average molecular weight is 474 g/mol. The maximum atomic E-state index is 12.8. The Morgan fingerprint density at radius 2 is 1.38 bits per heavy atom. The number of ketones is 1. The van der Waals surface area contributed by atoms with E-state index in [1.165, 1.54) is 12.1 Å². The fourth-order valence-corrected chi connectivity index (χ4v) is 5.55. The highest BCUT2D eigenvalue weighted by molar-refractivity contribution is 7.64. The highest BCUT2D eigenvalue weighted by atomic mass is 35.5. The fraction of sp³-hybridized carbons (Fsp3) is 0.364. The second-order valence-corrected chi connectivity index (χ2v) is 11.2. The van der Waals surface area contributed by atoms with Gasteiger partial charge in [-0.2, -0.15) is 0 Å². The van der Waals surface area contributed by atoms with E-state index in [1.54, 1.807) is 0 Å². The molecule has 0 saturated heterocycles. The van der Waals surface area contributed by atoms with E-state index < -0.39 is 13.3 Å². The lowest BCUT2D eigenvalue weighted by molar-refractivity contribution is 0.0989. The third-order valence-electron chi connectivity index (χ3n) is 4.74. The largest absolute Gasteiger partial charge is 0.318 e. The normalized spacial score (nSPS) is 12.7. The summed E-state index contributed by atoms with van der Waals surface area (Å²) in [5.74, 6) is -0.362. The van der Waals surface area contributed by atoms with E-state index in [-0.39, 0.29) is 39.4 Å². The average Bonchev–Trinajstić information content (AvgIpc) is 2.57. The molecule has 0 aliphatic rings. The van der Waals surface area contributed by atoms with Crippen LogP contribution in [-0.4, -0.2) is 17.5 Å². The Bertz CT molecular complexity index is 961. The van der Waals surface area contributed by atoms with Crippen molar-refractivity contribution in [3.05, 3.63) is 67.2 Å². The van der Waals surface area contributed by atoms with Gasteiger partial charge in [-0.1, -0.05) is 67.7 Å². The molecule has 0 spiro atoms. The molecule has 1 atom stereocenters. The van der Waals surface area contributed by atoms with Crippen molar-refractivity contribution < 1.29 is 14.2 Å². The third-order valence-corrected chi connectivity index (χ3v) is 7.02. The van der Waals surface area contributed by atoms with Crippen LogP contribution in [0.1, 0.15) is 64.6 Å². The predicted molar refractivity (Wildman–Crippen MR) is 123 cm³/mol. The first kappa shape index (κ1) is 24.2. The van der Waals surface area contributed by atoms with E-state index in [0.29, 0.717) is 10.6 Å². The molecule has 2 aromatic rings. The second kappa shape index (κ2) is 9.35. The molecule has 1 unspecified atom stereocenters. The summed E-state index contributed by atoms with van der Waals surface area (Å²) in [6, 6.07) is 6.79. The minimum Gasteiger partial charge on any atom is -0.318 e. The molecule has 0 amide bonds. The van der Waals surface area contributed by atoms with Gasteiger partial charge in [0.05, 0.1) is 15.6 Å². The lowest BCUT2D eigenvalue weighted by Crippen LogP contribution is -2.13. The van der Waals surface area contributed by atoms with Gasteiger partial charge in [-0.3, -0.25) is 9.59 Å².